The van der Waals surface area contributed by atoms with Crippen molar-refractivity contribution in [3.63, 3.8) is 0 Å². The molecule has 4 nitrogen and oxygen atoms in total. The van der Waals surface area contributed by atoms with Gasteiger partial charge in [-0.05, 0) is 51.0 Å². The van der Waals surface area contributed by atoms with Crippen molar-refractivity contribution < 1.29 is 9.53 Å². The van der Waals surface area contributed by atoms with Gasteiger partial charge < -0.3 is 10.1 Å². The van der Waals surface area contributed by atoms with Crippen LogP contribution in [0.25, 0.3) is 0 Å². The zero-order chi connectivity index (χ0) is 20.4. The van der Waals surface area contributed by atoms with Crippen molar-refractivity contribution in [1.29, 1.82) is 0 Å². The van der Waals surface area contributed by atoms with Gasteiger partial charge in [0.2, 0.25) is 0 Å². The second kappa shape index (κ2) is 8.14. The van der Waals surface area contributed by atoms with E-state index in [1.807, 2.05) is 80.3 Å². The molecule has 3 rings (SSSR count). The lowest BCUT2D eigenvalue weighted by Gasteiger charge is -2.42. The fraction of sp³-hybridized carbons (Fsp3) is 0.435. The van der Waals surface area contributed by atoms with Crippen molar-refractivity contribution in [2.24, 2.45) is 0 Å². The van der Waals surface area contributed by atoms with Gasteiger partial charge in [0.25, 0.3) is 0 Å². The van der Waals surface area contributed by atoms with E-state index >= 15 is 0 Å². The Balaban J connectivity index is 1.96. The minimum atomic E-state index is -0.551. The predicted octanol–water partition coefficient (Wildman–Crippen LogP) is 5.22. The Bertz CT molecular complexity index is 802. The van der Waals surface area contributed by atoms with Crippen LogP contribution in [0, 0.1) is 0 Å². The fourth-order valence-corrected chi connectivity index (χ4v) is 3.93. The molecule has 1 N–H and O–H groups in total. The van der Waals surface area contributed by atoms with Crippen molar-refractivity contribution in [2.75, 3.05) is 13.1 Å². The summed E-state index contributed by atoms with van der Waals surface area (Å²) in [5, 5.41) is 4.19. The molecule has 1 aliphatic heterocycles. The van der Waals surface area contributed by atoms with Crippen LogP contribution >= 0.6 is 11.6 Å². The van der Waals surface area contributed by atoms with Gasteiger partial charge in [0.1, 0.15) is 5.60 Å². The average Bonchev–Trinajstić information content (AvgIpc) is 3.02. The zero-order valence-corrected chi connectivity index (χ0v) is 17.8. The molecule has 0 saturated carbocycles. The maximum atomic E-state index is 13.2. The summed E-state index contributed by atoms with van der Waals surface area (Å²) in [6.45, 7) is 9.84. The van der Waals surface area contributed by atoms with Gasteiger partial charge in [-0.15, -0.1) is 0 Å². The Morgan fingerprint density at radius 1 is 1.18 bits per heavy atom. The van der Waals surface area contributed by atoms with Crippen molar-refractivity contribution in [3.8, 4) is 0 Å². The highest BCUT2D eigenvalue weighted by molar-refractivity contribution is 6.30. The number of amides is 1. The molecule has 1 amide bonds. The molecule has 0 bridgehead atoms. The van der Waals surface area contributed by atoms with Gasteiger partial charge in [0, 0.05) is 30.6 Å². The van der Waals surface area contributed by atoms with Crippen LogP contribution in [0.4, 0.5) is 4.79 Å². The second-order valence-corrected chi connectivity index (χ2v) is 9.08. The van der Waals surface area contributed by atoms with Gasteiger partial charge in [-0.25, -0.2) is 4.79 Å². The molecule has 2 atom stereocenters. The van der Waals surface area contributed by atoms with Crippen LogP contribution in [0.1, 0.15) is 44.7 Å². The first-order valence-corrected chi connectivity index (χ1v) is 10.1. The number of halogens is 1. The summed E-state index contributed by atoms with van der Waals surface area (Å²) in [7, 11) is 0. The quantitative estimate of drug-likeness (QED) is 0.764. The van der Waals surface area contributed by atoms with E-state index in [0.29, 0.717) is 18.1 Å². The molecule has 1 fully saturated rings. The van der Waals surface area contributed by atoms with Crippen LogP contribution in [-0.4, -0.2) is 35.2 Å². The summed E-state index contributed by atoms with van der Waals surface area (Å²) in [5.41, 5.74) is 1.27. The SMILES string of the molecule is CC(C)(C)OC(=O)N(Cc1ccccc1)[C@@]1(C)CNC[C@@H]1c1ccc(Cl)cc1. The summed E-state index contributed by atoms with van der Waals surface area (Å²) in [6.07, 6.45) is -0.290. The maximum Gasteiger partial charge on any atom is 0.411 e. The topological polar surface area (TPSA) is 41.6 Å². The number of hydrogen-bond acceptors (Lipinski definition) is 3. The summed E-state index contributed by atoms with van der Waals surface area (Å²) >= 11 is 6.08. The van der Waals surface area contributed by atoms with E-state index < -0.39 is 11.1 Å². The second-order valence-electron chi connectivity index (χ2n) is 8.64. The first-order chi connectivity index (χ1) is 13.2. The Labute approximate surface area is 172 Å². The lowest BCUT2D eigenvalue weighted by Crippen LogP contribution is -2.54. The summed E-state index contributed by atoms with van der Waals surface area (Å²) in [5.74, 6) is 0.140. The van der Waals surface area contributed by atoms with Gasteiger partial charge in [-0.1, -0.05) is 54.1 Å². The molecule has 0 radical (unpaired) electrons. The van der Waals surface area contributed by atoms with Crippen LogP contribution in [0.15, 0.2) is 54.6 Å². The van der Waals surface area contributed by atoms with E-state index in [1.54, 1.807) is 0 Å². The van der Waals surface area contributed by atoms with Crippen LogP contribution in [0.5, 0.6) is 0 Å². The lowest BCUT2D eigenvalue weighted by atomic mass is 9.82. The van der Waals surface area contributed by atoms with E-state index in [0.717, 1.165) is 12.1 Å². The van der Waals surface area contributed by atoms with E-state index in [1.165, 1.54) is 5.56 Å². The number of carbonyl (C=O) groups is 1. The van der Waals surface area contributed by atoms with Gasteiger partial charge in [-0.2, -0.15) is 0 Å². The molecule has 1 heterocycles. The predicted molar refractivity (Wildman–Crippen MR) is 114 cm³/mol. The third-order valence-corrected chi connectivity index (χ3v) is 5.52. The molecule has 28 heavy (non-hydrogen) atoms. The molecule has 2 aromatic rings. The molecule has 0 aromatic heterocycles. The Hall–Kier alpha value is -2.04. The van der Waals surface area contributed by atoms with Crippen molar-refractivity contribution in [1.82, 2.24) is 10.2 Å². The highest BCUT2D eigenvalue weighted by Crippen LogP contribution is 2.38. The van der Waals surface area contributed by atoms with Gasteiger partial charge in [0.15, 0.2) is 0 Å². The van der Waals surface area contributed by atoms with E-state index in [9.17, 15) is 4.79 Å². The number of nitrogens with zero attached hydrogens (tertiary/aromatic N) is 1. The fourth-order valence-electron chi connectivity index (χ4n) is 3.80. The molecule has 0 aliphatic carbocycles. The highest BCUT2D eigenvalue weighted by Gasteiger charge is 2.47. The smallest absolute Gasteiger partial charge is 0.411 e. The van der Waals surface area contributed by atoms with Crippen LogP contribution in [-0.2, 0) is 11.3 Å². The minimum absolute atomic E-state index is 0.140. The third-order valence-electron chi connectivity index (χ3n) is 5.27. The number of rotatable bonds is 4. The van der Waals surface area contributed by atoms with Crippen LogP contribution in [0.2, 0.25) is 5.02 Å². The monoisotopic (exact) mass is 400 g/mol. The number of benzene rings is 2. The van der Waals surface area contributed by atoms with Gasteiger partial charge in [0.05, 0.1) is 5.54 Å². The Morgan fingerprint density at radius 2 is 1.82 bits per heavy atom. The molecule has 0 spiro atoms. The Morgan fingerprint density at radius 3 is 2.43 bits per heavy atom. The van der Waals surface area contributed by atoms with E-state index in [4.69, 9.17) is 16.3 Å². The maximum absolute atomic E-state index is 13.2. The number of hydrogen-bond donors (Lipinski definition) is 1. The standard InChI is InChI=1S/C23H29ClN2O2/c1-22(2,3)28-21(27)26(15-17-8-6-5-7-9-17)23(4)16-25-14-20(23)18-10-12-19(24)13-11-18/h5-13,20,25H,14-16H2,1-4H3/t20-,23+/m1/s1. The van der Waals surface area contributed by atoms with E-state index in [2.05, 4.69) is 12.2 Å². The Kier molecular flexibility index (Phi) is 6.01. The van der Waals surface area contributed by atoms with Gasteiger partial charge in [-0.3, -0.25) is 4.90 Å². The molecular formula is C23H29ClN2O2. The summed E-state index contributed by atoms with van der Waals surface area (Å²) in [6, 6.07) is 18.0. The normalized spacial score (nSPS) is 22.1. The van der Waals surface area contributed by atoms with Gasteiger partial charge >= 0.3 is 6.09 Å². The lowest BCUT2D eigenvalue weighted by molar-refractivity contribution is -0.00265. The highest BCUT2D eigenvalue weighted by atomic mass is 35.5. The third kappa shape index (κ3) is 4.68. The molecule has 150 valence electrons. The number of ether oxygens (including phenoxy) is 1. The molecule has 1 saturated heterocycles. The average molecular weight is 401 g/mol. The minimum Gasteiger partial charge on any atom is -0.444 e. The summed E-state index contributed by atoms with van der Waals surface area (Å²) < 4.78 is 5.79. The van der Waals surface area contributed by atoms with Crippen molar-refractivity contribution >= 4 is 17.7 Å². The van der Waals surface area contributed by atoms with Crippen LogP contribution < -0.4 is 5.32 Å². The van der Waals surface area contributed by atoms with Crippen molar-refractivity contribution in [3.05, 3.63) is 70.7 Å². The molecule has 5 heteroatoms. The first kappa shape index (κ1) is 20.7. The van der Waals surface area contributed by atoms with Crippen molar-refractivity contribution in [2.45, 2.75) is 51.3 Å². The number of carbonyl (C=O) groups excluding carboxylic acids is 1. The summed E-state index contributed by atoms with van der Waals surface area (Å²) in [4.78, 5) is 15.1. The molecular weight excluding hydrogens is 372 g/mol. The molecule has 0 unspecified atom stereocenters. The molecule has 2 aromatic carbocycles. The number of nitrogens with one attached hydrogen (secondary N) is 1. The van der Waals surface area contributed by atoms with Crippen LogP contribution in [0.3, 0.4) is 0 Å². The van der Waals surface area contributed by atoms with E-state index in [-0.39, 0.29) is 12.0 Å². The molecule has 1 aliphatic rings. The largest absolute Gasteiger partial charge is 0.444 e. The zero-order valence-electron chi connectivity index (χ0n) is 17.0. The first-order valence-electron chi connectivity index (χ1n) is 9.70.